The number of carbonyl (C=O) groups excluding carboxylic acids is 1. The molecular weight excluding hydrogens is 336 g/mol. The van der Waals surface area contributed by atoms with Crippen LogP contribution in [0.1, 0.15) is 11.6 Å². The van der Waals surface area contributed by atoms with Crippen LogP contribution >= 0.6 is 11.8 Å². The Labute approximate surface area is 152 Å². The number of nitrogens with zero attached hydrogens (tertiary/aromatic N) is 3. The summed E-state index contributed by atoms with van der Waals surface area (Å²) >= 11 is 1.51. The summed E-state index contributed by atoms with van der Waals surface area (Å²) in [6.45, 7) is 3.75. The van der Waals surface area contributed by atoms with E-state index in [0.717, 1.165) is 36.8 Å². The third kappa shape index (κ3) is 5.52. The molecule has 0 unspecified atom stereocenters. The first-order valence-corrected chi connectivity index (χ1v) is 9.33. The van der Waals surface area contributed by atoms with Gasteiger partial charge in [-0.1, -0.05) is 6.07 Å². The second-order valence-electron chi connectivity index (χ2n) is 5.73. The highest BCUT2D eigenvalue weighted by molar-refractivity contribution is 8.00. The lowest BCUT2D eigenvalue weighted by Gasteiger charge is -2.34. The van der Waals surface area contributed by atoms with Gasteiger partial charge in [0.2, 0.25) is 5.91 Å². The van der Waals surface area contributed by atoms with Gasteiger partial charge in [-0.25, -0.2) is 0 Å². The Morgan fingerprint density at radius 1 is 1.20 bits per heavy atom. The summed E-state index contributed by atoms with van der Waals surface area (Å²) in [5.41, 5.74) is 1.12. The van der Waals surface area contributed by atoms with Crippen molar-refractivity contribution < 1.29 is 9.53 Å². The molecule has 1 aliphatic rings. The summed E-state index contributed by atoms with van der Waals surface area (Å²) < 4.78 is 5.45. The quantitative estimate of drug-likeness (QED) is 0.761. The van der Waals surface area contributed by atoms with Gasteiger partial charge in [0, 0.05) is 49.3 Å². The number of amides is 1. The molecule has 0 bridgehead atoms. The van der Waals surface area contributed by atoms with E-state index >= 15 is 0 Å². The van der Waals surface area contributed by atoms with Crippen molar-refractivity contribution in [3.8, 4) is 0 Å². The SMILES string of the molecule is O=C(CSc1ccncc1)NC[C@H](c1cccnc1)N1CCOCC1. The van der Waals surface area contributed by atoms with Gasteiger partial charge in [-0.15, -0.1) is 11.8 Å². The Kier molecular flexibility index (Phi) is 6.79. The molecule has 0 aromatic carbocycles. The van der Waals surface area contributed by atoms with E-state index < -0.39 is 0 Å². The summed E-state index contributed by atoms with van der Waals surface area (Å²) in [6, 6.07) is 7.93. The second kappa shape index (κ2) is 9.50. The zero-order valence-corrected chi connectivity index (χ0v) is 14.8. The molecule has 0 saturated carbocycles. The van der Waals surface area contributed by atoms with Gasteiger partial charge in [0.1, 0.15) is 0 Å². The minimum Gasteiger partial charge on any atom is -0.379 e. The summed E-state index contributed by atoms with van der Waals surface area (Å²) in [6.07, 6.45) is 7.11. The number of pyridine rings is 2. The fourth-order valence-electron chi connectivity index (χ4n) is 2.76. The summed E-state index contributed by atoms with van der Waals surface area (Å²) in [7, 11) is 0. The van der Waals surface area contributed by atoms with Crippen LogP contribution in [-0.2, 0) is 9.53 Å². The fraction of sp³-hybridized carbons (Fsp3) is 0.389. The maximum absolute atomic E-state index is 12.2. The predicted octanol–water partition coefficient (Wildman–Crippen LogP) is 1.76. The smallest absolute Gasteiger partial charge is 0.230 e. The fourth-order valence-corrected chi connectivity index (χ4v) is 3.48. The molecule has 3 heterocycles. The lowest BCUT2D eigenvalue weighted by Crippen LogP contribution is -2.44. The van der Waals surface area contributed by atoms with Gasteiger partial charge in [-0.05, 0) is 23.8 Å². The summed E-state index contributed by atoms with van der Waals surface area (Å²) in [5, 5.41) is 3.06. The van der Waals surface area contributed by atoms with E-state index in [4.69, 9.17) is 4.74 Å². The molecule has 1 saturated heterocycles. The normalized spacial score (nSPS) is 16.3. The zero-order valence-electron chi connectivity index (χ0n) is 14.0. The minimum absolute atomic E-state index is 0.0314. The minimum atomic E-state index is 0.0314. The molecule has 3 rings (SSSR count). The van der Waals surface area contributed by atoms with E-state index in [1.165, 1.54) is 11.8 Å². The second-order valence-corrected chi connectivity index (χ2v) is 6.77. The van der Waals surface area contributed by atoms with E-state index in [-0.39, 0.29) is 11.9 Å². The van der Waals surface area contributed by atoms with Crippen molar-refractivity contribution >= 4 is 17.7 Å². The Bertz CT molecular complexity index is 651. The van der Waals surface area contributed by atoms with Crippen LogP contribution in [0.4, 0.5) is 0 Å². The zero-order chi connectivity index (χ0) is 17.3. The molecule has 2 aromatic rings. The number of aromatic nitrogens is 2. The molecule has 2 aromatic heterocycles. The molecule has 25 heavy (non-hydrogen) atoms. The summed E-state index contributed by atoms with van der Waals surface area (Å²) in [4.78, 5) is 23.8. The Balaban J connectivity index is 1.55. The van der Waals surface area contributed by atoms with Crippen LogP contribution in [0.15, 0.2) is 53.9 Å². The molecule has 1 fully saturated rings. The van der Waals surface area contributed by atoms with Crippen molar-refractivity contribution in [2.45, 2.75) is 10.9 Å². The van der Waals surface area contributed by atoms with E-state index in [2.05, 4.69) is 26.3 Å². The van der Waals surface area contributed by atoms with Crippen molar-refractivity contribution in [3.63, 3.8) is 0 Å². The Morgan fingerprint density at radius 3 is 2.72 bits per heavy atom. The first kappa shape index (κ1) is 17.8. The lowest BCUT2D eigenvalue weighted by atomic mass is 10.1. The first-order chi connectivity index (χ1) is 12.3. The molecule has 1 atom stereocenters. The molecule has 0 spiro atoms. The number of morpholine rings is 1. The number of hydrogen-bond donors (Lipinski definition) is 1. The molecular formula is C18H22N4O2S. The van der Waals surface area contributed by atoms with Crippen molar-refractivity contribution in [2.75, 3.05) is 38.6 Å². The standard InChI is InChI=1S/C18H22N4O2S/c23-18(14-25-16-3-6-19-7-4-16)21-13-17(15-2-1-5-20-12-15)22-8-10-24-11-9-22/h1-7,12,17H,8-11,13-14H2,(H,21,23)/t17-/m1/s1. The van der Waals surface area contributed by atoms with Crippen LogP contribution in [0.3, 0.4) is 0 Å². The number of rotatable bonds is 7. The molecule has 1 N–H and O–H groups in total. The number of thioether (sulfide) groups is 1. The molecule has 6 nitrogen and oxygen atoms in total. The highest BCUT2D eigenvalue weighted by Gasteiger charge is 2.23. The van der Waals surface area contributed by atoms with Gasteiger partial charge in [0.25, 0.3) is 0 Å². The third-order valence-electron chi connectivity index (χ3n) is 4.07. The molecule has 0 aliphatic carbocycles. The molecule has 0 radical (unpaired) electrons. The van der Waals surface area contributed by atoms with Gasteiger partial charge in [0.15, 0.2) is 0 Å². The number of nitrogens with one attached hydrogen (secondary N) is 1. The Morgan fingerprint density at radius 2 is 2.00 bits per heavy atom. The van der Waals surface area contributed by atoms with Crippen LogP contribution in [-0.4, -0.2) is 59.4 Å². The predicted molar refractivity (Wildman–Crippen MR) is 97.3 cm³/mol. The lowest BCUT2D eigenvalue weighted by molar-refractivity contribution is -0.118. The maximum Gasteiger partial charge on any atom is 0.230 e. The van der Waals surface area contributed by atoms with Crippen LogP contribution in [0.25, 0.3) is 0 Å². The van der Waals surface area contributed by atoms with Crippen molar-refractivity contribution in [1.82, 2.24) is 20.2 Å². The van der Waals surface area contributed by atoms with E-state index in [1.807, 2.05) is 24.4 Å². The molecule has 7 heteroatoms. The van der Waals surface area contributed by atoms with E-state index in [9.17, 15) is 4.79 Å². The van der Waals surface area contributed by atoms with Gasteiger partial charge in [-0.2, -0.15) is 0 Å². The molecule has 1 aliphatic heterocycles. The largest absolute Gasteiger partial charge is 0.379 e. The number of carbonyl (C=O) groups is 1. The van der Waals surface area contributed by atoms with E-state index in [1.54, 1.807) is 18.6 Å². The van der Waals surface area contributed by atoms with E-state index in [0.29, 0.717) is 12.3 Å². The van der Waals surface area contributed by atoms with Crippen LogP contribution in [0.2, 0.25) is 0 Å². The van der Waals surface area contributed by atoms with Crippen molar-refractivity contribution in [2.24, 2.45) is 0 Å². The van der Waals surface area contributed by atoms with Crippen molar-refractivity contribution in [1.29, 1.82) is 0 Å². The van der Waals surface area contributed by atoms with Gasteiger partial charge in [-0.3, -0.25) is 19.7 Å². The van der Waals surface area contributed by atoms with Gasteiger partial charge >= 0.3 is 0 Å². The van der Waals surface area contributed by atoms with Crippen molar-refractivity contribution in [3.05, 3.63) is 54.6 Å². The topological polar surface area (TPSA) is 67.4 Å². The molecule has 132 valence electrons. The van der Waals surface area contributed by atoms with Gasteiger partial charge in [0.05, 0.1) is 25.0 Å². The van der Waals surface area contributed by atoms with Gasteiger partial charge < -0.3 is 10.1 Å². The monoisotopic (exact) mass is 358 g/mol. The Hall–Kier alpha value is -1.96. The average Bonchev–Trinajstić information content (AvgIpc) is 2.69. The highest BCUT2D eigenvalue weighted by Crippen LogP contribution is 2.21. The highest BCUT2D eigenvalue weighted by atomic mass is 32.2. The molecule has 1 amide bonds. The summed E-state index contributed by atoms with van der Waals surface area (Å²) in [5.74, 6) is 0.427. The first-order valence-electron chi connectivity index (χ1n) is 8.34. The van der Waals surface area contributed by atoms with Crippen LogP contribution in [0.5, 0.6) is 0 Å². The average molecular weight is 358 g/mol. The number of hydrogen-bond acceptors (Lipinski definition) is 6. The maximum atomic E-state index is 12.2. The van der Waals surface area contributed by atoms with Crippen LogP contribution < -0.4 is 5.32 Å². The third-order valence-corrected chi connectivity index (χ3v) is 5.08. The number of ether oxygens (including phenoxy) is 1. The van der Waals surface area contributed by atoms with Crippen LogP contribution in [0, 0.1) is 0 Å².